The Bertz CT molecular complexity index is 832. The van der Waals surface area contributed by atoms with Gasteiger partial charge >= 0.3 is 0 Å². The number of amides is 2. The number of piperazine rings is 1. The molecule has 3 rings (SSSR count). The van der Waals surface area contributed by atoms with Gasteiger partial charge < -0.3 is 9.80 Å². The maximum absolute atomic E-state index is 12.8. The Kier molecular flexibility index (Phi) is 7.53. The first-order valence-corrected chi connectivity index (χ1v) is 10.6. The van der Waals surface area contributed by atoms with E-state index >= 15 is 0 Å². The van der Waals surface area contributed by atoms with Gasteiger partial charge in [0.1, 0.15) is 5.88 Å². The molecule has 0 saturated carbocycles. The van der Waals surface area contributed by atoms with Crippen LogP contribution in [0.5, 0.6) is 0 Å². The van der Waals surface area contributed by atoms with Crippen molar-refractivity contribution in [3.63, 3.8) is 0 Å². The Balaban J connectivity index is 1.49. The van der Waals surface area contributed by atoms with Gasteiger partial charge in [-0.05, 0) is 48.4 Å². The van der Waals surface area contributed by atoms with E-state index in [-0.39, 0.29) is 17.7 Å². The first-order valence-electron chi connectivity index (χ1n) is 9.66. The molecule has 0 radical (unpaired) electrons. The largest absolute Gasteiger partial charge is 0.336 e. The lowest BCUT2D eigenvalue weighted by Crippen LogP contribution is -2.49. The highest BCUT2D eigenvalue weighted by Crippen LogP contribution is 2.17. The zero-order valence-corrected chi connectivity index (χ0v) is 18.0. The molecule has 0 bridgehead atoms. The van der Waals surface area contributed by atoms with Gasteiger partial charge in [-0.15, -0.1) is 11.6 Å². The molecule has 1 heterocycles. The van der Waals surface area contributed by atoms with Gasteiger partial charge in [0.05, 0.1) is 0 Å². The molecule has 0 atom stereocenters. The summed E-state index contributed by atoms with van der Waals surface area (Å²) in [7, 11) is 1.67. The number of carbonyl (C=O) groups is 2. The van der Waals surface area contributed by atoms with Crippen LogP contribution in [0.1, 0.15) is 15.9 Å². The second-order valence-corrected chi connectivity index (χ2v) is 7.85. The second-order valence-electron chi connectivity index (χ2n) is 7.14. The molecule has 2 aromatic carbocycles. The Morgan fingerprint density at radius 2 is 1.59 bits per heavy atom. The molecule has 0 N–H and O–H groups in total. The first kappa shape index (κ1) is 21.6. The summed E-state index contributed by atoms with van der Waals surface area (Å²) in [4.78, 5) is 30.2. The fraction of sp³-hybridized carbons (Fsp3) is 0.364. The smallest absolute Gasteiger partial charge is 0.253 e. The summed E-state index contributed by atoms with van der Waals surface area (Å²) >= 11 is 11.5. The van der Waals surface area contributed by atoms with Crippen molar-refractivity contribution in [3.05, 3.63) is 64.7 Å². The van der Waals surface area contributed by atoms with E-state index in [2.05, 4.69) is 17.0 Å². The zero-order chi connectivity index (χ0) is 20.8. The van der Waals surface area contributed by atoms with Gasteiger partial charge in [-0.25, -0.2) is 0 Å². The fourth-order valence-electron chi connectivity index (χ4n) is 3.36. The highest BCUT2D eigenvalue weighted by Gasteiger charge is 2.22. The maximum atomic E-state index is 12.8. The minimum atomic E-state index is -0.180. The molecule has 0 spiro atoms. The minimum absolute atomic E-state index is 0.0280. The van der Waals surface area contributed by atoms with Crippen LogP contribution in [0.2, 0.25) is 5.02 Å². The lowest BCUT2D eigenvalue weighted by atomic mass is 10.1. The number of alkyl halides is 1. The molecule has 154 valence electrons. The summed E-state index contributed by atoms with van der Waals surface area (Å²) < 4.78 is 0. The van der Waals surface area contributed by atoms with Crippen molar-refractivity contribution in [1.82, 2.24) is 9.80 Å². The molecule has 1 aliphatic rings. The van der Waals surface area contributed by atoms with Gasteiger partial charge in [0.25, 0.3) is 5.91 Å². The van der Waals surface area contributed by atoms with Crippen molar-refractivity contribution < 1.29 is 9.59 Å². The number of carbonyl (C=O) groups excluding carboxylic acids is 2. The third kappa shape index (κ3) is 5.72. The summed E-state index contributed by atoms with van der Waals surface area (Å²) in [6.07, 6.45) is 0.973. The van der Waals surface area contributed by atoms with E-state index in [0.29, 0.717) is 18.7 Å². The Morgan fingerprint density at radius 1 is 0.966 bits per heavy atom. The molecular weight excluding hydrogens is 409 g/mol. The van der Waals surface area contributed by atoms with Gasteiger partial charge in [-0.3, -0.25) is 14.5 Å². The average Bonchev–Trinajstić information content (AvgIpc) is 2.77. The van der Waals surface area contributed by atoms with Gasteiger partial charge in [-0.1, -0.05) is 23.7 Å². The summed E-state index contributed by atoms with van der Waals surface area (Å²) in [5, 5.41) is 0.756. The number of anilines is 1. The molecule has 1 aliphatic heterocycles. The van der Waals surface area contributed by atoms with Crippen LogP contribution in [0.3, 0.4) is 0 Å². The molecule has 0 aromatic heterocycles. The molecule has 29 heavy (non-hydrogen) atoms. The quantitative estimate of drug-likeness (QED) is 0.654. The molecule has 0 unspecified atom stereocenters. The summed E-state index contributed by atoms with van der Waals surface area (Å²) in [5.41, 5.74) is 2.62. The SMILES string of the molecule is CN(C(=O)CCl)c1ccc(C(=O)N2CCN(CCc3ccc(Cl)cc3)CC2)cc1. The van der Waals surface area contributed by atoms with Crippen molar-refractivity contribution in [2.45, 2.75) is 6.42 Å². The van der Waals surface area contributed by atoms with E-state index < -0.39 is 0 Å². The third-order valence-corrected chi connectivity index (χ3v) is 5.76. The molecule has 1 fully saturated rings. The summed E-state index contributed by atoms with van der Waals surface area (Å²) in [6, 6.07) is 15.0. The zero-order valence-electron chi connectivity index (χ0n) is 16.5. The van der Waals surface area contributed by atoms with Gasteiger partial charge in [0, 0.05) is 56.0 Å². The average molecular weight is 434 g/mol. The standard InChI is InChI=1S/C22H25Cl2N3O2/c1-25(21(28)16-23)20-8-4-18(5-9-20)22(29)27-14-12-26(13-15-27)11-10-17-2-6-19(24)7-3-17/h2-9H,10-16H2,1H3. The lowest BCUT2D eigenvalue weighted by Gasteiger charge is -2.34. The van der Waals surface area contributed by atoms with Crippen molar-refractivity contribution in [2.75, 3.05) is 50.6 Å². The van der Waals surface area contributed by atoms with E-state index in [1.807, 2.05) is 17.0 Å². The number of hydrogen-bond acceptors (Lipinski definition) is 3. The van der Waals surface area contributed by atoms with Crippen LogP contribution >= 0.6 is 23.2 Å². The van der Waals surface area contributed by atoms with Crippen LogP contribution in [0.25, 0.3) is 0 Å². The summed E-state index contributed by atoms with van der Waals surface area (Å²) in [6.45, 7) is 4.13. The molecule has 0 aliphatic carbocycles. The van der Waals surface area contributed by atoms with E-state index in [1.165, 1.54) is 10.5 Å². The first-order chi connectivity index (χ1) is 14.0. The second kappa shape index (κ2) is 10.1. The van der Waals surface area contributed by atoms with Crippen molar-refractivity contribution in [2.24, 2.45) is 0 Å². The molecule has 2 amide bonds. The van der Waals surface area contributed by atoms with E-state index in [0.717, 1.165) is 36.8 Å². The van der Waals surface area contributed by atoms with E-state index in [9.17, 15) is 9.59 Å². The Labute approximate surface area is 181 Å². The molecule has 7 heteroatoms. The highest BCUT2D eigenvalue weighted by atomic mass is 35.5. The topological polar surface area (TPSA) is 43.9 Å². The van der Waals surface area contributed by atoms with Crippen molar-refractivity contribution in [3.8, 4) is 0 Å². The predicted molar refractivity (Wildman–Crippen MR) is 118 cm³/mol. The molecule has 5 nitrogen and oxygen atoms in total. The number of rotatable bonds is 6. The number of hydrogen-bond donors (Lipinski definition) is 0. The van der Waals surface area contributed by atoms with Gasteiger partial charge in [0.2, 0.25) is 5.91 Å². The molecule has 1 saturated heterocycles. The number of halogens is 2. The third-order valence-electron chi connectivity index (χ3n) is 5.28. The normalized spacial score (nSPS) is 14.7. The Morgan fingerprint density at radius 3 is 2.17 bits per heavy atom. The van der Waals surface area contributed by atoms with Crippen LogP contribution < -0.4 is 4.90 Å². The van der Waals surface area contributed by atoms with Crippen molar-refractivity contribution >= 4 is 40.7 Å². The van der Waals surface area contributed by atoms with E-state index in [4.69, 9.17) is 23.2 Å². The van der Waals surface area contributed by atoms with Crippen LogP contribution in [0, 0.1) is 0 Å². The predicted octanol–water partition coefficient (Wildman–Crippen LogP) is 3.54. The van der Waals surface area contributed by atoms with Crippen molar-refractivity contribution in [1.29, 1.82) is 0 Å². The number of nitrogens with zero attached hydrogens (tertiary/aromatic N) is 3. The fourth-order valence-corrected chi connectivity index (χ4v) is 3.66. The maximum Gasteiger partial charge on any atom is 0.253 e. The minimum Gasteiger partial charge on any atom is -0.336 e. The van der Waals surface area contributed by atoms with Crippen LogP contribution in [-0.4, -0.2) is 67.3 Å². The Hall–Kier alpha value is -2.08. The van der Waals surface area contributed by atoms with Crippen LogP contribution in [0.15, 0.2) is 48.5 Å². The lowest BCUT2D eigenvalue weighted by molar-refractivity contribution is -0.116. The highest BCUT2D eigenvalue weighted by molar-refractivity contribution is 6.30. The molecular formula is C22H25Cl2N3O2. The van der Waals surface area contributed by atoms with Crippen LogP contribution in [0.4, 0.5) is 5.69 Å². The van der Waals surface area contributed by atoms with Gasteiger partial charge in [-0.2, -0.15) is 0 Å². The van der Waals surface area contributed by atoms with Gasteiger partial charge in [0.15, 0.2) is 0 Å². The molecule has 2 aromatic rings. The summed E-state index contributed by atoms with van der Waals surface area (Å²) in [5.74, 6) is -0.222. The van der Waals surface area contributed by atoms with E-state index in [1.54, 1.807) is 31.3 Å². The van der Waals surface area contributed by atoms with Crippen LogP contribution in [-0.2, 0) is 11.2 Å². The number of benzene rings is 2. The monoisotopic (exact) mass is 433 g/mol.